The minimum absolute atomic E-state index is 0.00389. The number of nitriles is 1. The quantitative estimate of drug-likeness (QED) is 0.685. The van der Waals surface area contributed by atoms with Crippen molar-refractivity contribution in [2.45, 2.75) is 6.92 Å². The molecule has 0 saturated carbocycles. The number of rotatable bonds is 4. The molecule has 24 heavy (non-hydrogen) atoms. The van der Waals surface area contributed by atoms with E-state index in [1.807, 2.05) is 13.0 Å². The van der Waals surface area contributed by atoms with Crippen LogP contribution in [0.5, 0.6) is 0 Å². The van der Waals surface area contributed by atoms with E-state index in [4.69, 9.17) is 0 Å². The van der Waals surface area contributed by atoms with Crippen LogP contribution in [-0.4, -0.2) is 35.8 Å². The van der Waals surface area contributed by atoms with Gasteiger partial charge in [-0.25, -0.2) is 4.98 Å². The zero-order valence-electron chi connectivity index (χ0n) is 13.5. The Kier molecular flexibility index (Phi) is 5.45. The molecule has 1 aromatic heterocycles. The van der Waals surface area contributed by atoms with Crippen LogP contribution >= 0.6 is 11.3 Å². The number of aryl methyl sites for hydroxylation is 1. The molecule has 0 radical (unpaired) electrons. The fourth-order valence-electron chi connectivity index (χ4n) is 1.88. The number of nitrogens with zero attached hydrogens (tertiary/aromatic N) is 3. The van der Waals surface area contributed by atoms with Gasteiger partial charge in [0.05, 0.1) is 16.1 Å². The Morgan fingerprint density at radius 2 is 1.96 bits per heavy atom. The molecule has 1 aromatic carbocycles. The zero-order chi connectivity index (χ0) is 17.7. The van der Waals surface area contributed by atoms with Gasteiger partial charge < -0.3 is 10.2 Å². The summed E-state index contributed by atoms with van der Waals surface area (Å²) in [5.41, 5.74) is 3.46. The lowest BCUT2D eigenvalue weighted by atomic mass is 10.1. The van der Waals surface area contributed by atoms with Crippen LogP contribution < -0.4 is 5.32 Å². The Balaban J connectivity index is 2.14. The summed E-state index contributed by atoms with van der Waals surface area (Å²) in [6.07, 6.45) is 1.52. The summed E-state index contributed by atoms with van der Waals surface area (Å²) in [5.74, 6) is -0.622. The molecule has 122 valence electrons. The number of hydrogen-bond donors (Lipinski definition) is 1. The Bertz CT molecular complexity index is 829. The lowest BCUT2D eigenvalue weighted by Gasteiger charge is -2.10. The number of benzene rings is 1. The van der Waals surface area contributed by atoms with Gasteiger partial charge in [-0.1, -0.05) is 0 Å². The van der Waals surface area contributed by atoms with Crippen LogP contribution in [0.4, 0.5) is 5.69 Å². The van der Waals surface area contributed by atoms with Gasteiger partial charge in [0.1, 0.15) is 11.6 Å². The van der Waals surface area contributed by atoms with Crippen LogP contribution in [0, 0.1) is 18.3 Å². The lowest BCUT2D eigenvalue weighted by Crippen LogP contribution is -2.21. The van der Waals surface area contributed by atoms with Crippen LogP contribution in [0.2, 0.25) is 0 Å². The standard InChI is InChI=1S/C17H16N4O2S/c1-11-15(24-10-19-11)8-13(9-18)16(22)20-14-6-4-12(5-7-14)17(23)21(2)3/h4-8,10H,1-3H3,(H,20,22)/b13-8-. The van der Waals surface area contributed by atoms with Crippen molar-refractivity contribution >= 4 is 34.9 Å². The second kappa shape index (κ2) is 7.53. The average molecular weight is 340 g/mol. The van der Waals surface area contributed by atoms with E-state index in [1.54, 1.807) is 43.9 Å². The van der Waals surface area contributed by atoms with E-state index >= 15 is 0 Å². The molecular formula is C17H16N4O2S. The van der Waals surface area contributed by atoms with Gasteiger partial charge in [-0.3, -0.25) is 9.59 Å². The first kappa shape index (κ1) is 17.4. The summed E-state index contributed by atoms with van der Waals surface area (Å²) < 4.78 is 0. The Morgan fingerprint density at radius 3 is 2.46 bits per heavy atom. The molecule has 2 aromatic rings. The van der Waals surface area contributed by atoms with Gasteiger partial charge in [-0.15, -0.1) is 11.3 Å². The van der Waals surface area contributed by atoms with Crippen LogP contribution in [-0.2, 0) is 4.79 Å². The first-order valence-corrected chi connectivity index (χ1v) is 7.95. The van der Waals surface area contributed by atoms with Crippen molar-refractivity contribution in [3.05, 3.63) is 51.5 Å². The second-order valence-corrected chi connectivity index (χ2v) is 6.09. The van der Waals surface area contributed by atoms with Crippen molar-refractivity contribution in [2.75, 3.05) is 19.4 Å². The fraction of sp³-hybridized carbons (Fsp3) is 0.176. The molecule has 0 aliphatic carbocycles. The number of carbonyl (C=O) groups excluding carboxylic acids is 2. The first-order valence-electron chi connectivity index (χ1n) is 7.07. The van der Waals surface area contributed by atoms with Crippen LogP contribution in [0.15, 0.2) is 35.3 Å². The van der Waals surface area contributed by atoms with E-state index in [1.165, 1.54) is 22.3 Å². The summed E-state index contributed by atoms with van der Waals surface area (Å²) in [5, 5.41) is 11.8. The predicted molar refractivity (Wildman–Crippen MR) is 93.5 cm³/mol. The highest BCUT2D eigenvalue weighted by Gasteiger charge is 2.12. The van der Waals surface area contributed by atoms with Crippen LogP contribution in [0.3, 0.4) is 0 Å². The number of thiazole rings is 1. The highest BCUT2D eigenvalue weighted by Crippen LogP contribution is 2.18. The number of hydrogen-bond acceptors (Lipinski definition) is 5. The maximum Gasteiger partial charge on any atom is 0.266 e. The van der Waals surface area contributed by atoms with E-state index in [0.29, 0.717) is 11.3 Å². The monoisotopic (exact) mass is 340 g/mol. The molecule has 0 saturated heterocycles. The molecule has 6 nitrogen and oxygen atoms in total. The van der Waals surface area contributed by atoms with Gasteiger partial charge >= 0.3 is 0 Å². The van der Waals surface area contributed by atoms with Crippen molar-refractivity contribution in [1.29, 1.82) is 5.26 Å². The Morgan fingerprint density at radius 1 is 1.29 bits per heavy atom. The van der Waals surface area contributed by atoms with E-state index in [2.05, 4.69) is 10.3 Å². The highest BCUT2D eigenvalue weighted by atomic mass is 32.1. The van der Waals surface area contributed by atoms with Crippen LogP contribution in [0.25, 0.3) is 6.08 Å². The van der Waals surface area contributed by atoms with Crippen molar-refractivity contribution in [3.63, 3.8) is 0 Å². The van der Waals surface area contributed by atoms with Crippen molar-refractivity contribution < 1.29 is 9.59 Å². The van der Waals surface area contributed by atoms with Gasteiger partial charge in [-0.05, 0) is 37.3 Å². The SMILES string of the molecule is Cc1ncsc1/C=C(/C#N)C(=O)Nc1ccc(C(=O)N(C)C)cc1. The van der Waals surface area contributed by atoms with E-state index in [-0.39, 0.29) is 11.5 Å². The van der Waals surface area contributed by atoms with Gasteiger partial charge in [0, 0.05) is 25.3 Å². The second-order valence-electron chi connectivity index (χ2n) is 5.20. The normalized spacial score (nSPS) is 10.8. The smallest absolute Gasteiger partial charge is 0.266 e. The molecule has 0 aliphatic heterocycles. The first-order chi connectivity index (χ1) is 11.4. The molecule has 0 atom stereocenters. The topological polar surface area (TPSA) is 86.1 Å². The van der Waals surface area contributed by atoms with E-state index in [9.17, 15) is 14.9 Å². The molecular weight excluding hydrogens is 324 g/mol. The highest BCUT2D eigenvalue weighted by molar-refractivity contribution is 7.10. The van der Waals surface area contributed by atoms with E-state index < -0.39 is 5.91 Å². The largest absolute Gasteiger partial charge is 0.345 e. The van der Waals surface area contributed by atoms with Crippen molar-refractivity contribution in [3.8, 4) is 6.07 Å². The molecule has 1 N–H and O–H groups in total. The summed E-state index contributed by atoms with van der Waals surface area (Å²) in [4.78, 5) is 30.4. The summed E-state index contributed by atoms with van der Waals surface area (Å²) in [6.45, 7) is 1.82. The van der Waals surface area contributed by atoms with Gasteiger partial charge in [-0.2, -0.15) is 5.26 Å². The van der Waals surface area contributed by atoms with Gasteiger partial charge in [0.2, 0.25) is 0 Å². The fourth-order valence-corrected chi connectivity index (χ4v) is 2.62. The van der Waals surface area contributed by atoms with Crippen molar-refractivity contribution in [2.24, 2.45) is 0 Å². The molecule has 0 spiro atoms. The van der Waals surface area contributed by atoms with Gasteiger partial charge in [0.15, 0.2) is 0 Å². The summed E-state index contributed by atoms with van der Waals surface area (Å²) in [7, 11) is 3.34. The lowest BCUT2D eigenvalue weighted by molar-refractivity contribution is -0.112. The molecule has 0 unspecified atom stereocenters. The average Bonchev–Trinajstić information content (AvgIpc) is 2.97. The molecule has 0 aliphatic rings. The number of carbonyl (C=O) groups is 2. The molecule has 0 fully saturated rings. The summed E-state index contributed by atoms with van der Waals surface area (Å²) in [6, 6.07) is 8.40. The van der Waals surface area contributed by atoms with Crippen molar-refractivity contribution in [1.82, 2.24) is 9.88 Å². The zero-order valence-corrected chi connectivity index (χ0v) is 14.3. The maximum atomic E-state index is 12.2. The Labute approximate surface area is 144 Å². The predicted octanol–water partition coefficient (Wildman–Crippen LogP) is 2.70. The molecule has 0 bridgehead atoms. The molecule has 2 amide bonds. The molecule has 7 heteroatoms. The Hall–Kier alpha value is -2.98. The number of nitrogens with one attached hydrogen (secondary N) is 1. The number of anilines is 1. The third-order valence-corrected chi connectivity index (χ3v) is 4.10. The minimum atomic E-state index is -0.503. The number of amides is 2. The third-order valence-electron chi connectivity index (χ3n) is 3.22. The maximum absolute atomic E-state index is 12.2. The van der Waals surface area contributed by atoms with E-state index in [0.717, 1.165) is 10.6 Å². The van der Waals surface area contributed by atoms with Crippen LogP contribution in [0.1, 0.15) is 20.9 Å². The molecule has 1 heterocycles. The van der Waals surface area contributed by atoms with Gasteiger partial charge in [0.25, 0.3) is 11.8 Å². The minimum Gasteiger partial charge on any atom is -0.345 e. The molecule has 2 rings (SSSR count). The summed E-state index contributed by atoms with van der Waals surface area (Å²) >= 11 is 1.36. The third kappa shape index (κ3) is 4.06. The number of aromatic nitrogens is 1.